The molecule has 1 atom stereocenters. The first-order valence-corrected chi connectivity index (χ1v) is 10.6. The fraction of sp³-hybridized carbons (Fsp3) is 0.611. The number of hydrogen-bond donors (Lipinski definition) is 2. The molecule has 0 spiro atoms. The lowest BCUT2D eigenvalue weighted by molar-refractivity contribution is -0.133. The number of nitrogens with one attached hydrogen (secondary N) is 2. The summed E-state index contributed by atoms with van der Waals surface area (Å²) in [7, 11) is -4.08. The van der Waals surface area contributed by atoms with Gasteiger partial charge in [0.15, 0.2) is 0 Å². The summed E-state index contributed by atoms with van der Waals surface area (Å²) in [5, 5.41) is 3.55. The molecular weight excluding hydrogens is 357 g/mol. The van der Waals surface area contributed by atoms with Crippen LogP contribution in [0.3, 0.4) is 0 Å². The van der Waals surface area contributed by atoms with Crippen molar-refractivity contribution in [2.45, 2.75) is 49.6 Å². The van der Waals surface area contributed by atoms with Crippen molar-refractivity contribution in [2.24, 2.45) is 5.92 Å². The molecule has 1 aromatic rings. The fourth-order valence-corrected chi connectivity index (χ4v) is 4.52. The van der Waals surface area contributed by atoms with Crippen LogP contribution in [-0.2, 0) is 14.8 Å². The first kappa shape index (κ1) is 19.3. The normalized spacial score (nSPS) is 20.2. The predicted molar refractivity (Wildman–Crippen MR) is 96.5 cm³/mol. The smallest absolute Gasteiger partial charge is 0.244 e. The van der Waals surface area contributed by atoms with Gasteiger partial charge in [0.1, 0.15) is 10.7 Å². The van der Waals surface area contributed by atoms with Crippen LogP contribution in [0.25, 0.3) is 0 Å². The molecule has 1 saturated carbocycles. The van der Waals surface area contributed by atoms with Crippen molar-refractivity contribution in [2.75, 3.05) is 19.6 Å². The Hall–Kier alpha value is -1.51. The molecule has 1 amide bonds. The molecule has 2 aliphatic rings. The van der Waals surface area contributed by atoms with E-state index in [1.807, 2.05) is 0 Å². The van der Waals surface area contributed by atoms with Gasteiger partial charge in [-0.15, -0.1) is 0 Å². The Morgan fingerprint density at radius 2 is 1.88 bits per heavy atom. The van der Waals surface area contributed by atoms with E-state index >= 15 is 0 Å². The number of hydrogen-bond acceptors (Lipinski definition) is 4. The molecule has 6 nitrogen and oxygen atoms in total. The van der Waals surface area contributed by atoms with Crippen LogP contribution in [0.4, 0.5) is 4.39 Å². The quantitative estimate of drug-likeness (QED) is 0.748. The number of sulfonamides is 1. The van der Waals surface area contributed by atoms with Gasteiger partial charge < -0.3 is 10.2 Å². The third-order valence-corrected chi connectivity index (χ3v) is 6.60. The molecule has 1 saturated heterocycles. The van der Waals surface area contributed by atoms with Crippen LogP contribution in [0.5, 0.6) is 0 Å². The van der Waals surface area contributed by atoms with Crippen LogP contribution >= 0.6 is 0 Å². The molecule has 144 valence electrons. The molecule has 1 aromatic carbocycles. The first-order chi connectivity index (χ1) is 12.4. The number of likely N-dealkylation sites (tertiary alicyclic amines) is 1. The standard InChI is InChI=1S/C18H26FN3O3S/c1-13(21-26(24,25)17-5-3-2-4-16(17)19)18(23)22-10-8-15(9-11-22)20-12-14-6-7-14/h2-5,13-15,20-21H,6-12H2,1H3. The Bertz CT molecular complexity index is 744. The second-order valence-electron chi connectivity index (χ2n) is 7.22. The van der Waals surface area contributed by atoms with Gasteiger partial charge in [0.05, 0.1) is 6.04 Å². The lowest BCUT2D eigenvalue weighted by Gasteiger charge is -2.34. The van der Waals surface area contributed by atoms with Crippen LogP contribution < -0.4 is 10.0 Å². The van der Waals surface area contributed by atoms with Gasteiger partial charge in [-0.2, -0.15) is 4.72 Å². The SMILES string of the molecule is CC(NS(=O)(=O)c1ccccc1F)C(=O)N1CCC(NCC2CC2)CC1. The molecular formula is C18H26FN3O3S. The Morgan fingerprint density at radius 3 is 2.50 bits per heavy atom. The molecule has 1 aliphatic carbocycles. The zero-order valence-corrected chi connectivity index (χ0v) is 15.8. The number of piperidine rings is 1. The molecule has 3 rings (SSSR count). The number of nitrogens with zero attached hydrogens (tertiary/aromatic N) is 1. The monoisotopic (exact) mass is 383 g/mol. The van der Waals surface area contributed by atoms with Crippen molar-refractivity contribution in [3.63, 3.8) is 0 Å². The maximum atomic E-state index is 13.7. The third-order valence-electron chi connectivity index (χ3n) is 5.03. The number of carbonyl (C=O) groups excluding carboxylic acids is 1. The highest BCUT2D eigenvalue weighted by Crippen LogP contribution is 2.28. The maximum Gasteiger partial charge on any atom is 0.244 e. The Kier molecular flexibility index (Phi) is 5.94. The topological polar surface area (TPSA) is 78.5 Å². The van der Waals surface area contributed by atoms with Crippen molar-refractivity contribution in [3.05, 3.63) is 30.1 Å². The van der Waals surface area contributed by atoms with Gasteiger partial charge in [-0.3, -0.25) is 4.79 Å². The van der Waals surface area contributed by atoms with Crippen LogP contribution in [0.1, 0.15) is 32.6 Å². The number of rotatable bonds is 7. The van der Waals surface area contributed by atoms with E-state index in [-0.39, 0.29) is 5.91 Å². The van der Waals surface area contributed by atoms with Gasteiger partial charge in [-0.25, -0.2) is 12.8 Å². The number of carbonyl (C=O) groups is 1. The zero-order chi connectivity index (χ0) is 18.7. The average Bonchev–Trinajstić information content (AvgIpc) is 3.44. The predicted octanol–water partition coefficient (Wildman–Crippen LogP) is 1.48. The van der Waals surface area contributed by atoms with Gasteiger partial charge in [-0.05, 0) is 57.2 Å². The van der Waals surface area contributed by atoms with E-state index < -0.39 is 26.8 Å². The number of benzene rings is 1. The molecule has 8 heteroatoms. The van der Waals surface area contributed by atoms with Crippen molar-refractivity contribution in [1.29, 1.82) is 0 Å². The molecule has 26 heavy (non-hydrogen) atoms. The van der Waals surface area contributed by atoms with Gasteiger partial charge in [0, 0.05) is 19.1 Å². The van der Waals surface area contributed by atoms with Crippen molar-refractivity contribution < 1.29 is 17.6 Å². The summed E-state index contributed by atoms with van der Waals surface area (Å²) in [6.45, 7) is 3.76. The minimum atomic E-state index is -4.08. The summed E-state index contributed by atoms with van der Waals surface area (Å²) in [5.41, 5.74) is 0. The van der Waals surface area contributed by atoms with Crippen LogP contribution in [0.2, 0.25) is 0 Å². The van der Waals surface area contributed by atoms with Crippen LogP contribution in [0.15, 0.2) is 29.2 Å². The second-order valence-corrected chi connectivity index (χ2v) is 8.91. The summed E-state index contributed by atoms with van der Waals surface area (Å²) >= 11 is 0. The van der Waals surface area contributed by atoms with E-state index in [1.165, 1.54) is 38.0 Å². The second kappa shape index (κ2) is 8.02. The number of halogens is 1. The van der Waals surface area contributed by atoms with E-state index in [9.17, 15) is 17.6 Å². The van der Waals surface area contributed by atoms with E-state index in [1.54, 1.807) is 4.90 Å². The largest absolute Gasteiger partial charge is 0.341 e. The van der Waals surface area contributed by atoms with Crippen LogP contribution in [0, 0.1) is 11.7 Å². The molecule has 0 aromatic heterocycles. The molecule has 1 unspecified atom stereocenters. The minimum Gasteiger partial charge on any atom is -0.341 e. The lowest BCUT2D eigenvalue weighted by Crippen LogP contribution is -2.51. The lowest BCUT2D eigenvalue weighted by atomic mass is 10.0. The van der Waals surface area contributed by atoms with Gasteiger partial charge >= 0.3 is 0 Å². The molecule has 2 fully saturated rings. The summed E-state index contributed by atoms with van der Waals surface area (Å²) in [6.07, 6.45) is 4.35. The molecule has 1 aliphatic heterocycles. The fourth-order valence-electron chi connectivity index (χ4n) is 3.24. The Labute approximate surface area is 154 Å². The van der Waals surface area contributed by atoms with E-state index in [4.69, 9.17) is 0 Å². The first-order valence-electron chi connectivity index (χ1n) is 9.16. The Balaban J connectivity index is 1.52. The van der Waals surface area contributed by atoms with E-state index in [0.29, 0.717) is 19.1 Å². The van der Waals surface area contributed by atoms with Gasteiger partial charge in [-0.1, -0.05) is 12.1 Å². The molecule has 0 radical (unpaired) electrons. The highest BCUT2D eigenvalue weighted by molar-refractivity contribution is 7.89. The van der Waals surface area contributed by atoms with Crippen molar-refractivity contribution in [3.8, 4) is 0 Å². The van der Waals surface area contributed by atoms with Crippen molar-refractivity contribution >= 4 is 15.9 Å². The third kappa shape index (κ3) is 4.81. The zero-order valence-electron chi connectivity index (χ0n) is 14.9. The molecule has 0 bridgehead atoms. The highest BCUT2D eigenvalue weighted by Gasteiger charge is 2.30. The summed E-state index contributed by atoms with van der Waals surface area (Å²) in [5.74, 6) is -0.282. The average molecular weight is 383 g/mol. The van der Waals surface area contributed by atoms with Crippen molar-refractivity contribution in [1.82, 2.24) is 14.9 Å². The van der Waals surface area contributed by atoms with Gasteiger partial charge in [0.25, 0.3) is 0 Å². The van der Waals surface area contributed by atoms with E-state index in [2.05, 4.69) is 10.0 Å². The summed E-state index contributed by atoms with van der Waals surface area (Å²) < 4.78 is 40.7. The summed E-state index contributed by atoms with van der Waals surface area (Å²) in [6, 6.07) is 4.63. The van der Waals surface area contributed by atoms with Crippen LogP contribution in [-0.4, -0.2) is 50.9 Å². The maximum absolute atomic E-state index is 13.7. The number of amides is 1. The Morgan fingerprint density at radius 1 is 1.23 bits per heavy atom. The minimum absolute atomic E-state index is 0.273. The summed E-state index contributed by atoms with van der Waals surface area (Å²) in [4.78, 5) is 13.8. The molecule has 2 N–H and O–H groups in total. The molecule has 1 heterocycles. The van der Waals surface area contributed by atoms with E-state index in [0.717, 1.165) is 31.4 Å². The van der Waals surface area contributed by atoms with Gasteiger partial charge in [0.2, 0.25) is 15.9 Å². The highest BCUT2D eigenvalue weighted by atomic mass is 32.2.